The Kier molecular flexibility index (Phi) is 3.99. The number of fused-ring (bicyclic) bond motifs is 1. The highest BCUT2D eigenvalue weighted by atomic mass is 16.5. The predicted molar refractivity (Wildman–Crippen MR) is 62.4 cm³/mol. The van der Waals surface area contributed by atoms with Crippen LogP contribution in [-0.4, -0.2) is 61.0 Å². The van der Waals surface area contributed by atoms with Crippen molar-refractivity contribution in [3.8, 4) is 0 Å². The second-order valence-electron chi connectivity index (χ2n) is 4.75. The zero-order chi connectivity index (χ0) is 12.3. The molecule has 0 N–H and O–H groups in total. The van der Waals surface area contributed by atoms with E-state index in [2.05, 4.69) is 9.64 Å². The van der Waals surface area contributed by atoms with Crippen molar-refractivity contribution in [1.29, 1.82) is 0 Å². The molecule has 0 aromatic rings. The molecule has 2 aliphatic rings. The van der Waals surface area contributed by atoms with Crippen molar-refractivity contribution in [1.82, 2.24) is 9.80 Å². The lowest BCUT2D eigenvalue weighted by atomic mass is 10.1. The Hall–Kier alpha value is -1.10. The molecule has 17 heavy (non-hydrogen) atoms. The van der Waals surface area contributed by atoms with Crippen LogP contribution in [0.1, 0.15) is 25.7 Å². The molecular weight excluding hydrogens is 220 g/mol. The summed E-state index contributed by atoms with van der Waals surface area (Å²) in [4.78, 5) is 27.2. The Morgan fingerprint density at radius 3 is 2.82 bits per heavy atom. The van der Waals surface area contributed by atoms with Gasteiger partial charge in [0.25, 0.3) is 0 Å². The third-order valence-electron chi connectivity index (χ3n) is 3.71. The fourth-order valence-corrected chi connectivity index (χ4v) is 2.69. The van der Waals surface area contributed by atoms with E-state index in [1.165, 1.54) is 26.5 Å². The largest absolute Gasteiger partial charge is 0.469 e. The SMILES string of the molecule is COC(=O)CCC(=O)N1CCN2CCCC2C1. The van der Waals surface area contributed by atoms with E-state index in [1.54, 1.807) is 0 Å². The first-order chi connectivity index (χ1) is 8.20. The van der Waals surface area contributed by atoms with Crippen LogP contribution in [0.2, 0.25) is 0 Å². The average molecular weight is 240 g/mol. The molecule has 2 saturated heterocycles. The maximum absolute atomic E-state index is 11.9. The van der Waals surface area contributed by atoms with E-state index in [0.29, 0.717) is 6.04 Å². The Labute approximate surface area is 102 Å². The highest BCUT2D eigenvalue weighted by Crippen LogP contribution is 2.21. The number of nitrogens with zero attached hydrogens (tertiary/aromatic N) is 2. The van der Waals surface area contributed by atoms with Crippen molar-refractivity contribution >= 4 is 11.9 Å². The minimum Gasteiger partial charge on any atom is -0.469 e. The summed E-state index contributed by atoms with van der Waals surface area (Å²) in [7, 11) is 1.35. The fraction of sp³-hybridized carbons (Fsp3) is 0.833. The van der Waals surface area contributed by atoms with E-state index < -0.39 is 0 Å². The lowest BCUT2D eigenvalue weighted by Gasteiger charge is -2.37. The molecule has 0 aromatic heterocycles. The van der Waals surface area contributed by atoms with Gasteiger partial charge in [0, 0.05) is 32.1 Å². The normalized spacial score (nSPS) is 24.5. The van der Waals surface area contributed by atoms with Crippen LogP contribution in [-0.2, 0) is 14.3 Å². The summed E-state index contributed by atoms with van der Waals surface area (Å²) in [5.74, 6) is -0.222. The summed E-state index contributed by atoms with van der Waals surface area (Å²) in [6.07, 6.45) is 2.91. The summed E-state index contributed by atoms with van der Waals surface area (Å²) in [6.45, 7) is 3.79. The van der Waals surface area contributed by atoms with Crippen LogP contribution in [0.4, 0.5) is 0 Å². The maximum atomic E-state index is 11.9. The van der Waals surface area contributed by atoms with Crippen LogP contribution in [0, 0.1) is 0 Å². The van der Waals surface area contributed by atoms with Gasteiger partial charge in [-0.15, -0.1) is 0 Å². The smallest absolute Gasteiger partial charge is 0.306 e. The number of amides is 1. The number of piperazine rings is 1. The zero-order valence-electron chi connectivity index (χ0n) is 10.4. The molecule has 5 heteroatoms. The summed E-state index contributed by atoms with van der Waals surface area (Å²) in [5.41, 5.74) is 0. The summed E-state index contributed by atoms with van der Waals surface area (Å²) < 4.78 is 4.54. The molecule has 2 heterocycles. The molecule has 0 aromatic carbocycles. The lowest BCUT2D eigenvalue weighted by molar-refractivity contribution is -0.144. The van der Waals surface area contributed by atoms with Gasteiger partial charge in [-0.1, -0.05) is 0 Å². The summed E-state index contributed by atoms with van der Waals surface area (Å²) in [6, 6.07) is 0.547. The second-order valence-corrected chi connectivity index (χ2v) is 4.75. The van der Waals surface area contributed by atoms with Crippen molar-refractivity contribution in [2.24, 2.45) is 0 Å². The molecule has 1 amide bonds. The van der Waals surface area contributed by atoms with Gasteiger partial charge in [0.1, 0.15) is 0 Å². The van der Waals surface area contributed by atoms with Crippen LogP contribution in [0.15, 0.2) is 0 Å². The highest BCUT2D eigenvalue weighted by molar-refractivity contribution is 5.81. The number of methoxy groups -OCH3 is 1. The molecule has 96 valence electrons. The number of hydrogen-bond acceptors (Lipinski definition) is 4. The van der Waals surface area contributed by atoms with Gasteiger partial charge in [0.05, 0.1) is 13.5 Å². The number of carbonyl (C=O) groups is 2. The quantitative estimate of drug-likeness (QED) is 0.663. The highest BCUT2D eigenvalue weighted by Gasteiger charge is 2.32. The van der Waals surface area contributed by atoms with Crippen LogP contribution in [0.5, 0.6) is 0 Å². The Morgan fingerprint density at radius 2 is 2.06 bits per heavy atom. The van der Waals surface area contributed by atoms with Gasteiger partial charge < -0.3 is 9.64 Å². The van der Waals surface area contributed by atoms with E-state index in [0.717, 1.165) is 19.6 Å². The molecule has 0 saturated carbocycles. The second kappa shape index (κ2) is 5.49. The molecule has 0 radical (unpaired) electrons. The molecular formula is C12H20N2O3. The zero-order valence-corrected chi connectivity index (χ0v) is 10.4. The van der Waals surface area contributed by atoms with Gasteiger partial charge in [-0.2, -0.15) is 0 Å². The fourth-order valence-electron chi connectivity index (χ4n) is 2.69. The molecule has 1 unspecified atom stereocenters. The minimum absolute atomic E-state index is 0.0851. The molecule has 1 atom stereocenters. The van der Waals surface area contributed by atoms with E-state index in [1.807, 2.05) is 4.90 Å². The van der Waals surface area contributed by atoms with E-state index >= 15 is 0 Å². The van der Waals surface area contributed by atoms with Crippen molar-refractivity contribution in [2.75, 3.05) is 33.3 Å². The topological polar surface area (TPSA) is 49.9 Å². The van der Waals surface area contributed by atoms with Gasteiger partial charge in [0.2, 0.25) is 5.91 Å². The number of ether oxygens (including phenoxy) is 1. The molecule has 2 rings (SSSR count). The first kappa shape index (κ1) is 12.4. The standard InChI is InChI=1S/C12H20N2O3/c1-17-12(16)5-4-11(15)14-8-7-13-6-2-3-10(13)9-14/h10H,2-9H2,1H3. The molecule has 2 fully saturated rings. The van der Waals surface area contributed by atoms with Gasteiger partial charge in [-0.05, 0) is 19.4 Å². The molecule has 5 nitrogen and oxygen atoms in total. The summed E-state index contributed by atoms with van der Waals surface area (Å²) >= 11 is 0. The molecule has 0 aliphatic carbocycles. The van der Waals surface area contributed by atoms with Crippen LogP contribution >= 0.6 is 0 Å². The first-order valence-corrected chi connectivity index (χ1v) is 6.29. The Morgan fingerprint density at radius 1 is 1.24 bits per heavy atom. The summed E-state index contributed by atoms with van der Waals surface area (Å²) in [5, 5.41) is 0. The third kappa shape index (κ3) is 2.97. The monoisotopic (exact) mass is 240 g/mol. The number of hydrogen-bond donors (Lipinski definition) is 0. The van der Waals surface area contributed by atoms with Crippen LogP contribution < -0.4 is 0 Å². The van der Waals surface area contributed by atoms with E-state index in [4.69, 9.17) is 0 Å². The Bertz CT molecular complexity index is 306. The number of esters is 1. The van der Waals surface area contributed by atoms with E-state index in [9.17, 15) is 9.59 Å². The molecule has 2 aliphatic heterocycles. The van der Waals surface area contributed by atoms with Crippen molar-refractivity contribution in [3.63, 3.8) is 0 Å². The van der Waals surface area contributed by atoms with Crippen LogP contribution in [0.3, 0.4) is 0 Å². The molecule has 0 bridgehead atoms. The van der Waals surface area contributed by atoms with Crippen LogP contribution in [0.25, 0.3) is 0 Å². The molecule has 0 spiro atoms. The number of rotatable bonds is 3. The first-order valence-electron chi connectivity index (χ1n) is 6.29. The van der Waals surface area contributed by atoms with Gasteiger partial charge in [-0.3, -0.25) is 14.5 Å². The average Bonchev–Trinajstić information content (AvgIpc) is 2.82. The third-order valence-corrected chi connectivity index (χ3v) is 3.71. The number of carbonyl (C=O) groups excluding carboxylic acids is 2. The lowest BCUT2D eigenvalue weighted by Crippen LogP contribution is -2.52. The van der Waals surface area contributed by atoms with Gasteiger partial charge in [0.15, 0.2) is 0 Å². The maximum Gasteiger partial charge on any atom is 0.306 e. The van der Waals surface area contributed by atoms with Gasteiger partial charge >= 0.3 is 5.97 Å². The van der Waals surface area contributed by atoms with Crippen molar-refractivity contribution < 1.29 is 14.3 Å². The van der Waals surface area contributed by atoms with Crippen molar-refractivity contribution in [3.05, 3.63) is 0 Å². The van der Waals surface area contributed by atoms with E-state index in [-0.39, 0.29) is 24.7 Å². The van der Waals surface area contributed by atoms with Crippen molar-refractivity contribution in [2.45, 2.75) is 31.7 Å². The predicted octanol–water partition coefficient (Wildman–Crippen LogP) is 0.246. The Balaban J connectivity index is 1.78. The minimum atomic E-state index is -0.308. The van der Waals surface area contributed by atoms with Gasteiger partial charge in [-0.25, -0.2) is 0 Å².